The van der Waals surface area contributed by atoms with Crippen LogP contribution in [-0.2, 0) is 13.0 Å². The summed E-state index contributed by atoms with van der Waals surface area (Å²) in [5.41, 5.74) is 4.17. The molecule has 1 heterocycles. The maximum Gasteiger partial charge on any atom is 0.191 e. The Bertz CT molecular complexity index is 468. The summed E-state index contributed by atoms with van der Waals surface area (Å²) in [6.45, 7) is 5.09. The number of aryl methyl sites for hydroxylation is 1. The van der Waals surface area contributed by atoms with Crippen LogP contribution < -0.4 is 15.5 Å². The van der Waals surface area contributed by atoms with Crippen molar-refractivity contribution >= 4 is 11.6 Å². The quantitative estimate of drug-likeness (QED) is 0.653. The van der Waals surface area contributed by atoms with Gasteiger partial charge >= 0.3 is 0 Å². The maximum absolute atomic E-state index is 4.23. The zero-order valence-corrected chi connectivity index (χ0v) is 12.9. The zero-order valence-electron chi connectivity index (χ0n) is 12.9. The second-order valence-electron chi connectivity index (χ2n) is 5.34. The number of rotatable bonds is 4. The van der Waals surface area contributed by atoms with Crippen LogP contribution in [0.5, 0.6) is 0 Å². The maximum atomic E-state index is 4.23. The molecule has 4 nitrogen and oxygen atoms in total. The highest BCUT2D eigenvalue weighted by atomic mass is 15.2. The van der Waals surface area contributed by atoms with Crippen molar-refractivity contribution in [3.8, 4) is 0 Å². The average molecular weight is 274 g/mol. The smallest absolute Gasteiger partial charge is 0.191 e. The van der Waals surface area contributed by atoms with Gasteiger partial charge in [-0.2, -0.15) is 0 Å². The lowest BCUT2D eigenvalue weighted by atomic mass is 9.99. The van der Waals surface area contributed by atoms with Gasteiger partial charge in [0.05, 0.1) is 0 Å². The summed E-state index contributed by atoms with van der Waals surface area (Å²) in [4.78, 5) is 6.57. The Morgan fingerprint density at radius 1 is 1.35 bits per heavy atom. The minimum Gasteiger partial charge on any atom is -0.374 e. The number of nitrogens with zero attached hydrogens (tertiary/aromatic N) is 2. The molecule has 1 aromatic carbocycles. The molecule has 20 heavy (non-hydrogen) atoms. The summed E-state index contributed by atoms with van der Waals surface area (Å²) in [5, 5.41) is 6.65. The van der Waals surface area contributed by atoms with Gasteiger partial charge in [0.25, 0.3) is 0 Å². The highest BCUT2D eigenvalue weighted by molar-refractivity contribution is 5.79. The summed E-state index contributed by atoms with van der Waals surface area (Å²) in [6, 6.07) is 6.78. The Kier molecular flexibility index (Phi) is 5.27. The van der Waals surface area contributed by atoms with E-state index in [1.807, 2.05) is 7.05 Å². The van der Waals surface area contributed by atoms with E-state index in [0.29, 0.717) is 0 Å². The predicted molar refractivity (Wildman–Crippen MR) is 86.5 cm³/mol. The third-order valence-electron chi connectivity index (χ3n) is 3.72. The van der Waals surface area contributed by atoms with E-state index < -0.39 is 0 Å². The van der Waals surface area contributed by atoms with Gasteiger partial charge in [-0.05, 0) is 36.5 Å². The van der Waals surface area contributed by atoms with E-state index in [0.717, 1.165) is 32.0 Å². The van der Waals surface area contributed by atoms with Gasteiger partial charge in [-0.1, -0.05) is 19.1 Å². The largest absolute Gasteiger partial charge is 0.374 e. The van der Waals surface area contributed by atoms with Crippen LogP contribution in [0.1, 0.15) is 30.9 Å². The summed E-state index contributed by atoms with van der Waals surface area (Å²) in [5.74, 6) is 0.877. The second-order valence-corrected chi connectivity index (χ2v) is 5.34. The molecule has 4 heteroatoms. The molecule has 0 atom stereocenters. The third kappa shape index (κ3) is 3.65. The van der Waals surface area contributed by atoms with Crippen LogP contribution in [0.15, 0.2) is 23.2 Å². The minimum absolute atomic E-state index is 0.820. The van der Waals surface area contributed by atoms with Crippen molar-refractivity contribution < 1.29 is 0 Å². The summed E-state index contributed by atoms with van der Waals surface area (Å²) in [6.07, 6.45) is 3.54. The van der Waals surface area contributed by atoms with Gasteiger partial charge < -0.3 is 15.5 Å². The van der Waals surface area contributed by atoms with Crippen molar-refractivity contribution in [2.24, 2.45) is 4.99 Å². The molecule has 0 saturated carbocycles. The molecule has 1 aliphatic rings. The first-order chi connectivity index (χ1) is 9.74. The number of benzene rings is 1. The van der Waals surface area contributed by atoms with Gasteiger partial charge in [-0.25, -0.2) is 0 Å². The van der Waals surface area contributed by atoms with Gasteiger partial charge in [-0.3, -0.25) is 4.99 Å². The number of hydrogen-bond donors (Lipinski definition) is 2. The van der Waals surface area contributed by atoms with Gasteiger partial charge in [0.1, 0.15) is 0 Å². The van der Waals surface area contributed by atoms with Crippen LogP contribution in [0, 0.1) is 0 Å². The van der Waals surface area contributed by atoms with E-state index >= 15 is 0 Å². The summed E-state index contributed by atoms with van der Waals surface area (Å²) in [7, 11) is 3.99. The first-order valence-corrected chi connectivity index (χ1v) is 7.52. The highest BCUT2D eigenvalue weighted by Gasteiger charge is 2.13. The molecule has 1 aromatic rings. The molecule has 0 aliphatic carbocycles. The predicted octanol–water partition coefficient (Wildman–Crippen LogP) is 2.14. The minimum atomic E-state index is 0.820. The van der Waals surface area contributed by atoms with Gasteiger partial charge in [0.15, 0.2) is 5.96 Å². The summed E-state index contributed by atoms with van der Waals surface area (Å²) >= 11 is 0. The van der Waals surface area contributed by atoms with Crippen molar-refractivity contribution in [1.29, 1.82) is 0 Å². The first kappa shape index (κ1) is 14.7. The van der Waals surface area contributed by atoms with Crippen LogP contribution in [0.3, 0.4) is 0 Å². The fraction of sp³-hybridized carbons (Fsp3) is 0.562. The molecule has 1 aliphatic heterocycles. The fourth-order valence-electron chi connectivity index (χ4n) is 2.60. The molecule has 2 N–H and O–H groups in total. The molecule has 2 rings (SSSR count). The van der Waals surface area contributed by atoms with Crippen molar-refractivity contribution in [3.05, 3.63) is 29.3 Å². The molecule has 0 bridgehead atoms. The Hall–Kier alpha value is -1.71. The molecule has 0 unspecified atom stereocenters. The Morgan fingerprint density at radius 2 is 2.20 bits per heavy atom. The lowest BCUT2D eigenvalue weighted by Gasteiger charge is -2.28. The normalized spacial score (nSPS) is 14.9. The van der Waals surface area contributed by atoms with Crippen molar-refractivity contribution in [1.82, 2.24) is 10.6 Å². The monoisotopic (exact) mass is 274 g/mol. The molecule has 0 radical (unpaired) electrons. The van der Waals surface area contributed by atoms with E-state index in [-0.39, 0.29) is 0 Å². The molecule has 0 spiro atoms. The fourth-order valence-corrected chi connectivity index (χ4v) is 2.60. The number of guanidine groups is 1. The molecule has 0 amide bonds. The van der Waals surface area contributed by atoms with Crippen LogP contribution in [0.25, 0.3) is 0 Å². The van der Waals surface area contributed by atoms with Crippen molar-refractivity contribution in [2.45, 2.75) is 32.7 Å². The summed E-state index contributed by atoms with van der Waals surface area (Å²) < 4.78 is 0. The van der Waals surface area contributed by atoms with E-state index in [9.17, 15) is 0 Å². The number of nitrogens with one attached hydrogen (secondary N) is 2. The number of fused-ring (bicyclic) bond motifs is 1. The number of hydrogen-bond acceptors (Lipinski definition) is 2. The zero-order chi connectivity index (χ0) is 14.4. The number of aliphatic imine (C=N–C) groups is 1. The van der Waals surface area contributed by atoms with Crippen LogP contribution in [0.4, 0.5) is 5.69 Å². The average Bonchev–Trinajstić information content (AvgIpc) is 2.47. The molecular formula is C16H26N4. The van der Waals surface area contributed by atoms with E-state index in [2.05, 4.69) is 52.7 Å². The van der Waals surface area contributed by atoms with Gasteiger partial charge in [-0.15, -0.1) is 0 Å². The molecule has 0 fully saturated rings. The van der Waals surface area contributed by atoms with Crippen molar-refractivity contribution in [3.63, 3.8) is 0 Å². The second kappa shape index (κ2) is 7.17. The topological polar surface area (TPSA) is 39.7 Å². The van der Waals surface area contributed by atoms with Crippen LogP contribution >= 0.6 is 0 Å². The standard InChI is InChI=1S/C16H26N4/c1-4-9-18-16(17-2)19-12-13-7-8-15-14(11-13)6-5-10-20(15)3/h7-8,11H,4-6,9-10,12H2,1-3H3,(H2,17,18,19). The Morgan fingerprint density at radius 3 is 2.95 bits per heavy atom. The van der Waals surface area contributed by atoms with Gasteiger partial charge in [0.2, 0.25) is 0 Å². The van der Waals surface area contributed by atoms with Crippen molar-refractivity contribution in [2.75, 3.05) is 32.1 Å². The lowest BCUT2D eigenvalue weighted by Crippen LogP contribution is -2.37. The van der Waals surface area contributed by atoms with Crippen LogP contribution in [-0.4, -0.2) is 33.1 Å². The molecule has 0 saturated heterocycles. The van der Waals surface area contributed by atoms with E-state index in [4.69, 9.17) is 0 Å². The van der Waals surface area contributed by atoms with E-state index in [1.165, 1.54) is 29.7 Å². The SMILES string of the molecule is CCCNC(=NC)NCc1ccc2c(c1)CCCN2C. The van der Waals surface area contributed by atoms with Crippen LogP contribution in [0.2, 0.25) is 0 Å². The molecule has 0 aromatic heterocycles. The Labute approximate surface area is 122 Å². The number of anilines is 1. The molecule has 110 valence electrons. The van der Waals surface area contributed by atoms with E-state index in [1.54, 1.807) is 0 Å². The third-order valence-corrected chi connectivity index (χ3v) is 3.72. The highest BCUT2D eigenvalue weighted by Crippen LogP contribution is 2.26. The lowest BCUT2D eigenvalue weighted by molar-refractivity contribution is 0.740. The first-order valence-electron chi connectivity index (χ1n) is 7.52. The Balaban J connectivity index is 1.97. The molecular weight excluding hydrogens is 248 g/mol. The van der Waals surface area contributed by atoms with Gasteiger partial charge in [0, 0.05) is 39.4 Å².